The second-order valence-corrected chi connectivity index (χ2v) is 5.06. The lowest BCUT2D eigenvalue weighted by atomic mass is 10.1. The number of benzene rings is 1. The Bertz CT molecular complexity index is 655. The second-order valence-electron chi connectivity index (χ2n) is 5.06. The van der Waals surface area contributed by atoms with Gasteiger partial charge < -0.3 is 15.2 Å². The van der Waals surface area contributed by atoms with Crippen molar-refractivity contribution in [3.8, 4) is 0 Å². The molecule has 1 aliphatic heterocycles. The van der Waals surface area contributed by atoms with Crippen molar-refractivity contribution in [2.45, 2.75) is 12.8 Å². The lowest BCUT2D eigenvalue weighted by molar-refractivity contribution is -0.705. The number of fused-ring (bicyclic) bond motifs is 1. The molecule has 0 spiro atoms. The molecule has 0 radical (unpaired) electrons. The molecule has 0 aliphatic carbocycles. The van der Waals surface area contributed by atoms with Gasteiger partial charge in [0.15, 0.2) is 0 Å². The van der Waals surface area contributed by atoms with Crippen LogP contribution in [-0.2, 0) is 9.63 Å². The summed E-state index contributed by atoms with van der Waals surface area (Å²) in [6, 6.07) is 6.35. The van der Waals surface area contributed by atoms with E-state index in [0.717, 1.165) is 9.91 Å². The summed E-state index contributed by atoms with van der Waals surface area (Å²) in [5, 5.41) is 24.4. The van der Waals surface area contributed by atoms with Crippen molar-refractivity contribution in [2.75, 3.05) is 20.3 Å². The van der Waals surface area contributed by atoms with Crippen LogP contribution in [0.1, 0.15) is 33.6 Å². The van der Waals surface area contributed by atoms with Crippen LogP contribution in [0, 0.1) is 5.21 Å². The Morgan fingerprint density at radius 3 is 2.46 bits per heavy atom. The van der Waals surface area contributed by atoms with Crippen molar-refractivity contribution in [3.05, 3.63) is 40.6 Å². The number of carboxylic acids is 1. The predicted molar refractivity (Wildman–Crippen MR) is 78.4 cm³/mol. The molecule has 0 saturated heterocycles. The number of aliphatic carboxylic acids is 1. The van der Waals surface area contributed by atoms with Gasteiger partial charge in [-0.3, -0.25) is 14.4 Å². The van der Waals surface area contributed by atoms with Crippen LogP contribution in [0.3, 0.4) is 0 Å². The number of carbonyl (C=O) groups excluding carboxylic acids is 2. The summed E-state index contributed by atoms with van der Waals surface area (Å²) in [7, 11) is 1.41. The maximum Gasteiger partial charge on any atom is 0.303 e. The standard InChI is InChI=1S/C14H16N4O6/c1-16(8-4-7-12(19)20)18(23)15-24-9-17-13(21)10-5-2-3-6-11(10)14(17)22/h2-3,5-6H,4,7-9H2,1H3,(H,19,20)/b18-15+. The molecule has 2 amide bonds. The van der Waals surface area contributed by atoms with Gasteiger partial charge in [0, 0.05) is 6.42 Å². The van der Waals surface area contributed by atoms with Crippen molar-refractivity contribution < 1.29 is 29.3 Å². The van der Waals surface area contributed by atoms with Gasteiger partial charge in [0.1, 0.15) is 0 Å². The summed E-state index contributed by atoms with van der Waals surface area (Å²) in [6.07, 6.45) is 0.187. The van der Waals surface area contributed by atoms with Gasteiger partial charge >= 0.3 is 5.97 Å². The number of carbonyl (C=O) groups is 3. The quantitative estimate of drug-likeness (QED) is 0.323. The highest BCUT2D eigenvalue weighted by molar-refractivity contribution is 6.21. The Labute approximate surface area is 137 Å². The Morgan fingerprint density at radius 1 is 1.33 bits per heavy atom. The van der Waals surface area contributed by atoms with Crippen LogP contribution in [0.5, 0.6) is 0 Å². The average Bonchev–Trinajstić information content (AvgIpc) is 2.79. The first-order valence-electron chi connectivity index (χ1n) is 7.10. The summed E-state index contributed by atoms with van der Waals surface area (Å²) in [5.41, 5.74) is 0.548. The molecule has 128 valence electrons. The highest BCUT2D eigenvalue weighted by Gasteiger charge is 2.35. The maximum atomic E-state index is 12.0. The largest absolute Gasteiger partial charge is 0.569 e. The van der Waals surface area contributed by atoms with Gasteiger partial charge in [0.2, 0.25) is 12.0 Å². The van der Waals surface area contributed by atoms with Gasteiger partial charge in [-0.05, 0) is 18.6 Å². The zero-order valence-corrected chi connectivity index (χ0v) is 12.9. The number of amides is 2. The molecule has 1 aliphatic rings. The summed E-state index contributed by atoms with van der Waals surface area (Å²) in [6.45, 7) is -0.330. The van der Waals surface area contributed by atoms with Crippen LogP contribution >= 0.6 is 0 Å². The lowest BCUT2D eigenvalue weighted by Crippen LogP contribution is -2.32. The first kappa shape index (κ1) is 17.2. The highest BCUT2D eigenvalue weighted by atomic mass is 16.7. The minimum Gasteiger partial charge on any atom is -0.569 e. The van der Waals surface area contributed by atoms with Gasteiger partial charge in [0.05, 0.1) is 29.7 Å². The summed E-state index contributed by atoms with van der Waals surface area (Å²) in [5.74, 6) is -1.99. The molecule has 0 unspecified atom stereocenters. The number of hydrogen-bond acceptors (Lipinski definition) is 6. The number of rotatable bonds is 8. The van der Waals surface area contributed by atoms with Crippen LogP contribution in [0.2, 0.25) is 0 Å². The molecule has 0 aromatic heterocycles. The zero-order valence-electron chi connectivity index (χ0n) is 12.9. The topological polar surface area (TPSA) is 126 Å². The minimum atomic E-state index is -0.959. The fourth-order valence-corrected chi connectivity index (χ4v) is 2.10. The van der Waals surface area contributed by atoms with E-state index in [2.05, 4.69) is 5.28 Å². The lowest BCUT2D eigenvalue weighted by Gasteiger charge is -2.13. The molecule has 1 N–H and O–H groups in total. The van der Waals surface area contributed by atoms with E-state index in [4.69, 9.17) is 9.94 Å². The fraction of sp³-hybridized carbons (Fsp3) is 0.357. The Hall–Kier alpha value is -3.17. The maximum absolute atomic E-state index is 12.0. The smallest absolute Gasteiger partial charge is 0.303 e. The highest BCUT2D eigenvalue weighted by Crippen LogP contribution is 2.22. The third kappa shape index (κ3) is 3.77. The van der Waals surface area contributed by atoms with Crippen molar-refractivity contribution >= 4 is 17.8 Å². The van der Waals surface area contributed by atoms with E-state index in [9.17, 15) is 19.6 Å². The molecule has 1 aromatic carbocycles. The summed E-state index contributed by atoms with van der Waals surface area (Å²) < 4.78 is 0. The predicted octanol–water partition coefficient (Wildman–Crippen LogP) is 0.846. The monoisotopic (exact) mass is 336 g/mol. The molecule has 0 atom stereocenters. The number of imide groups is 1. The molecular formula is C14H16N4O6. The van der Waals surface area contributed by atoms with Gasteiger partial charge in [-0.25, -0.2) is 4.90 Å². The van der Waals surface area contributed by atoms with E-state index < -0.39 is 24.5 Å². The molecule has 24 heavy (non-hydrogen) atoms. The van der Waals surface area contributed by atoms with Gasteiger partial charge in [-0.15, -0.1) is 5.01 Å². The Kier molecular flexibility index (Phi) is 5.30. The third-order valence-electron chi connectivity index (χ3n) is 3.36. The van der Waals surface area contributed by atoms with Crippen LogP contribution in [0.15, 0.2) is 29.5 Å². The van der Waals surface area contributed by atoms with Crippen LogP contribution < -0.4 is 0 Å². The Morgan fingerprint density at radius 2 is 1.92 bits per heavy atom. The summed E-state index contributed by atoms with van der Waals surface area (Å²) in [4.78, 5) is 40.2. The average molecular weight is 336 g/mol. The Balaban J connectivity index is 1.86. The molecule has 10 heteroatoms. The second kappa shape index (κ2) is 7.40. The number of nitrogens with zero attached hydrogens (tertiary/aromatic N) is 4. The van der Waals surface area contributed by atoms with E-state index in [-0.39, 0.29) is 35.5 Å². The molecule has 2 rings (SSSR count). The van der Waals surface area contributed by atoms with E-state index in [1.807, 2.05) is 0 Å². The van der Waals surface area contributed by atoms with Crippen molar-refractivity contribution in [1.82, 2.24) is 9.91 Å². The van der Waals surface area contributed by atoms with Crippen LogP contribution in [-0.4, -0.2) is 58.1 Å². The number of hydrazine groups is 1. The minimum absolute atomic E-state index is 0.0753. The van der Waals surface area contributed by atoms with Crippen molar-refractivity contribution in [2.24, 2.45) is 5.28 Å². The molecule has 0 bridgehead atoms. The number of carboxylic acid groups (broad SMARTS) is 1. The van der Waals surface area contributed by atoms with Gasteiger partial charge in [-0.1, -0.05) is 12.1 Å². The van der Waals surface area contributed by atoms with Gasteiger partial charge in [-0.2, -0.15) is 0 Å². The van der Waals surface area contributed by atoms with Crippen LogP contribution in [0.4, 0.5) is 0 Å². The molecule has 1 heterocycles. The van der Waals surface area contributed by atoms with E-state index in [1.54, 1.807) is 12.1 Å². The molecule has 1 aromatic rings. The first-order valence-corrected chi connectivity index (χ1v) is 7.10. The normalized spacial score (nSPS) is 13.9. The molecule has 0 saturated carbocycles. The SMILES string of the molecule is CN(CCCC(=O)O)/[N+]([O-])=N\OCN1C(=O)c2ccccc2C1=O. The summed E-state index contributed by atoms with van der Waals surface area (Å²) >= 11 is 0. The molecular weight excluding hydrogens is 320 g/mol. The van der Waals surface area contributed by atoms with E-state index >= 15 is 0 Å². The van der Waals surface area contributed by atoms with Gasteiger partial charge in [0.25, 0.3) is 11.8 Å². The third-order valence-corrected chi connectivity index (χ3v) is 3.36. The van der Waals surface area contributed by atoms with Crippen molar-refractivity contribution in [1.29, 1.82) is 0 Å². The van der Waals surface area contributed by atoms with Crippen molar-refractivity contribution in [3.63, 3.8) is 0 Å². The molecule has 0 fully saturated rings. The molecule has 10 nitrogen and oxygen atoms in total. The van der Waals surface area contributed by atoms with E-state index in [1.165, 1.54) is 19.2 Å². The number of hydrogen-bond donors (Lipinski definition) is 1. The zero-order chi connectivity index (χ0) is 17.7. The fourth-order valence-electron chi connectivity index (χ4n) is 2.10. The van der Waals surface area contributed by atoms with Crippen LogP contribution in [0.25, 0.3) is 0 Å². The first-order chi connectivity index (χ1) is 11.4. The van der Waals surface area contributed by atoms with E-state index in [0.29, 0.717) is 0 Å².